The summed E-state index contributed by atoms with van der Waals surface area (Å²) in [5.41, 5.74) is 0.127. The molecule has 110 valence electrons. The van der Waals surface area contributed by atoms with Crippen molar-refractivity contribution < 1.29 is 9.47 Å². The first kappa shape index (κ1) is 14.2. The number of nitrogens with one attached hydrogen (secondary N) is 1. The van der Waals surface area contributed by atoms with E-state index >= 15 is 0 Å². The molecule has 0 aromatic heterocycles. The number of hydrogen-bond acceptors (Lipinski definition) is 4. The third-order valence-electron chi connectivity index (χ3n) is 5.10. The van der Waals surface area contributed by atoms with Crippen LogP contribution in [0.1, 0.15) is 44.9 Å². The van der Waals surface area contributed by atoms with Gasteiger partial charge in [-0.05, 0) is 44.8 Å². The Balaban J connectivity index is 1.56. The fraction of sp³-hybridized carbons (Fsp3) is 1.00. The van der Waals surface area contributed by atoms with Crippen LogP contribution in [-0.4, -0.2) is 49.0 Å². The molecule has 1 saturated carbocycles. The van der Waals surface area contributed by atoms with E-state index in [2.05, 4.69) is 11.6 Å². The molecule has 0 amide bonds. The lowest BCUT2D eigenvalue weighted by atomic mass is 9.84. The van der Waals surface area contributed by atoms with Gasteiger partial charge in [0.15, 0.2) is 0 Å². The van der Waals surface area contributed by atoms with Crippen LogP contribution < -0.4 is 5.32 Å². The van der Waals surface area contributed by atoms with Gasteiger partial charge in [-0.15, -0.1) is 0 Å². The van der Waals surface area contributed by atoms with Crippen molar-refractivity contribution >= 4 is 11.8 Å². The van der Waals surface area contributed by atoms with E-state index in [1.165, 1.54) is 32.1 Å². The van der Waals surface area contributed by atoms with Crippen LogP contribution in [0.2, 0.25) is 0 Å². The van der Waals surface area contributed by atoms with Gasteiger partial charge in [0, 0.05) is 37.2 Å². The zero-order chi connectivity index (χ0) is 13.1. The van der Waals surface area contributed by atoms with Crippen LogP contribution in [0.5, 0.6) is 0 Å². The van der Waals surface area contributed by atoms with Crippen LogP contribution in [0, 0.1) is 0 Å². The number of thioether (sulfide) groups is 1. The molecular weight excluding hydrogens is 258 g/mol. The highest BCUT2D eigenvalue weighted by Crippen LogP contribution is 2.36. The van der Waals surface area contributed by atoms with E-state index in [9.17, 15) is 0 Å². The largest absolute Gasteiger partial charge is 0.381 e. The van der Waals surface area contributed by atoms with Gasteiger partial charge < -0.3 is 14.8 Å². The molecule has 19 heavy (non-hydrogen) atoms. The van der Waals surface area contributed by atoms with Gasteiger partial charge in [-0.3, -0.25) is 0 Å². The van der Waals surface area contributed by atoms with Crippen molar-refractivity contribution in [3.8, 4) is 0 Å². The van der Waals surface area contributed by atoms with Crippen LogP contribution in [0.25, 0.3) is 0 Å². The van der Waals surface area contributed by atoms with Crippen molar-refractivity contribution in [2.75, 3.05) is 26.1 Å². The van der Waals surface area contributed by atoms with Crippen LogP contribution in [0.3, 0.4) is 0 Å². The zero-order valence-corrected chi connectivity index (χ0v) is 12.8. The predicted molar refractivity (Wildman–Crippen MR) is 79.8 cm³/mol. The van der Waals surface area contributed by atoms with E-state index in [1.54, 1.807) is 0 Å². The molecule has 2 saturated heterocycles. The molecule has 3 fully saturated rings. The highest BCUT2D eigenvalue weighted by atomic mass is 32.2. The minimum absolute atomic E-state index is 0.127. The minimum atomic E-state index is 0.127. The Morgan fingerprint density at radius 1 is 1.11 bits per heavy atom. The van der Waals surface area contributed by atoms with Crippen molar-refractivity contribution in [1.82, 2.24) is 5.32 Å². The number of hydrogen-bond donors (Lipinski definition) is 1. The first-order valence-corrected chi connectivity index (χ1v) is 9.11. The van der Waals surface area contributed by atoms with Gasteiger partial charge in [0.05, 0.1) is 5.60 Å². The lowest BCUT2D eigenvalue weighted by Gasteiger charge is -2.44. The zero-order valence-electron chi connectivity index (χ0n) is 12.0. The summed E-state index contributed by atoms with van der Waals surface area (Å²) >= 11 is 2.04. The van der Waals surface area contributed by atoms with E-state index in [0.29, 0.717) is 6.04 Å². The molecule has 3 unspecified atom stereocenters. The summed E-state index contributed by atoms with van der Waals surface area (Å²) in [5, 5.41) is 4.78. The number of rotatable bonds is 3. The Morgan fingerprint density at radius 2 is 1.95 bits per heavy atom. The lowest BCUT2D eigenvalue weighted by molar-refractivity contribution is -0.140. The molecule has 0 aromatic rings. The van der Waals surface area contributed by atoms with Crippen molar-refractivity contribution in [3.63, 3.8) is 0 Å². The second-order valence-corrected chi connectivity index (χ2v) is 7.39. The Morgan fingerprint density at radius 3 is 2.74 bits per heavy atom. The van der Waals surface area contributed by atoms with Crippen molar-refractivity contribution in [1.29, 1.82) is 0 Å². The van der Waals surface area contributed by atoms with Crippen molar-refractivity contribution in [2.45, 2.75) is 67.9 Å². The molecule has 4 heteroatoms. The monoisotopic (exact) mass is 285 g/mol. The maximum atomic E-state index is 6.13. The first-order valence-electron chi connectivity index (χ1n) is 7.82. The molecule has 2 aliphatic heterocycles. The lowest BCUT2D eigenvalue weighted by Crippen LogP contribution is -2.52. The second-order valence-electron chi connectivity index (χ2n) is 6.31. The normalized spacial score (nSPS) is 38.7. The topological polar surface area (TPSA) is 30.5 Å². The molecule has 2 heterocycles. The van der Waals surface area contributed by atoms with E-state index in [-0.39, 0.29) is 5.60 Å². The first-order chi connectivity index (χ1) is 9.31. The van der Waals surface area contributed by atoms with Crippen molar-refractivity contribution in [3.05, 3.63) is 0 Å². The van der Waals surface area contributed by atoms with Crippen LogP contribution >= 0.6 is 11.8 Å². The van der Waals surface area contributed by atoms with Crippen LogP contribution in [0.4, 0.5) is 0 Å². The molecule has 1 aliphatic carbocycles. The van der Waals surface area contributed by atoms with E-state index in [0.717, 1.165) is 44.0 Å². The smallest absolute Gasteiger partial charge is 0.0741 e. The molecule has 0 radical (unpaired) electrons. The predicted octanol–water partition coefficient (Wildman–Crippen LogP) is 2.59. The Bertz CT molecular complexity index is 288. The summed E-state index contributed by atoms with van der Waals surface area (Å²) in [7, 11) is 0. The highest BCUT2D eigenvalue weighted by molar-refractivity contribution is 7.99. The summed E-state index contributed by atoms with van der Waals surface area (Å²) in [6.07, 6.45) is 10.9. The fourth-order valence-electron chi connectivity index (χ4n) is 3.96. The van der Waals surface area contributed by atoms with E-state index in [4.69, 9.17) is 9.47 Å². The number of ether oxygens (including phenoxy) is 2. The summed E-state index contributed by atoms with van der Waals surface area (Å²) < 4.78 is 11.6. The van der Waals surface area contributed by atoms with E-state index in [1.807, 2.05) is 11.8 Å². The molecule has 3 atom stereocenters. The second kappa shape index (κ2) is 6.33. The Labute approximate surface area is 121 Å². The maximum absolute atomic E-state index is 6.13. The van der Waals surface area contributed by atoms with Gasteiger partial charge in [-0.1, -0.05) is 6.42 Å². The molecule has 1 N–H and O–H groups in total. The molecule has 0 bridgehead atoms. The summed E-state index contributed by atoms with van der Waals surface area (Å²) in [5.74, 6) is 0. The van der Waals surface area contributed by atoms with Gasteiger partial charge >= 0.3 is 0 Å². The van der Waals surface area contributed by atoms with Gasteiger partial charge in [-0.2, -0.15) is 11.8 Å². The molecule has 3 nitrogen and oxygen atoms in total. The van der Waals surface area contributed by atoms with Gasteiger partial charge in [0.2, 0.25) is 0 Å². The maximum Gasteiger partial charge on any atom is 0.0741 e. The van der Waals surface area contributed by atoms with Crippen molar-refractivity contribution in [2.24, 2.45) is 0 Å². The summed E-state index contributed by atoms with van der Waals surface area (Å²) in [4.78, 5) is 0. The molecule has 3 rings (SSSR count). The van der Waals surface area contributed by atoms with Gasteiger partial charge in [0.25, 0.3) is 0 Å². The molecule has 0 aromatic carbocycles. The van der Waals surface area contributed by atoms with E-state index < -0.39 is 0 Å². The molecule has 1 spiro atoms. The minimum Gasteiger partial charge on any atom is -0.381 e. The average molecular weight is 285 g/mol. The fourth-order valence-corrected chi connectivity index (χ4v) is 4.91. The summed E-state index contributed by atoms with van der Waals surface area (Å²) in [6.45, 7) is 2.68. The van der Waals surface area contributed by atoms with Crippen LogP contribution in [0.15, 0.2) is 0 Å². The van der Waals surface area contributed by atoms with Crippen LogP contribution in [-0.2, 0) is 9.47 Å². The van der Waals surface area contributed by atoms with Gasteiger partial charge in [-0.25, -0.2) is 0 Å². The Hall–Kier alpha value is 0.230. The SMILES string of the molecule is CSC1CCCC1NC1CCOC2(CCOCC2)C1. The summed E-state index contributed by atoms with van der Waals surface area (Å²) in [6, 6.07) is 1.39. The molecular formula is C15H27NO2S. The third kappa shape index (κ3) is 3.29. The average Bonchev–Trinajstić information content (AvgIpc) is 2.87. The highest BCUT2D eigenvalue weighted by Gasteiger charge is 2.40. The quantitative estimate of drug-likeness (QED) is 0.863. The molecule has 3 aliphatic rings. The van der Waals surface area contributed by atoms with Gasteiger partial charge in [0.1, 0.15) is 0 Å². The Kier molecular flexibility index (Phi) is 4.73. The standard InChI is InChI=1S/C15H27NO2S/c1-19-14-4-2-3-13(14)16-12-5-8-18-15(11-12)6-9-17-10-7-15/h12-14,16H,2-11H2,1H3. The third-order valence-corrected chi connectivity index (χ3v) is 6.27.